The first-order chi connectivity index (χ1) is 6.67. The van der Waals surface area contributed by atoms with Gasteiger partial charge in [-0.15, -0.1) is 5.92 Å². The lowest BCUT2D eigenvalue weighted by molar-refractivity contribution is -0.175. The molecule has 0 aliphatic heterocycles. The first kappa shape index (κ1) is 14.3. The van der Waals surface area contributed by atoms with E-state index >= 15 is 0 Å². The summed E-state index contributed by atoms with van der Waals surface area (Å²) in [4.78, 5) is 0. The second-order valence-electron chi connectivity index (χ2n) is 2.79. The largest absolute Gasteiger partial charge is 0.427 e. The maximum absolute atomic E-state index is 12.2. The first-order valence-electron chi connectivity index (χ1n) is 4.10. The van der Waals surface area contributed by atoms with Gasteiger partial charge in [0, 0.05) is 6.42 Å². The third-order valence-corrected chi connectivity index (χ3v) is 1.72. The van der Waals surface area contributed by atoms with Gasteiger partial charge in [0.15, 0.2) is 0 Å². The van der Waals surface area contributed by atoms with Crippen LogP contribution in [0.3, 0.4) is 0 Å². The molecule has 1 atom stereocenters. The third-order valence-electron chi connectivity index (χ3n) is 1.18. The Bertz CT molecular complexity index is 348. The van der Waals surface area contributed by atoms with Crippen LogP contribution in [0.1, 0.15) is 19.8 Å². The maximum atomic E-state index is 12.2. The number of unbranched alkanes of at least 4 members (excludes halogenated alkanes) is 1. The summed E-state index contributed by atoms with van der Waals surface area (Å²) in [6.45, 7) is 1.74. The van der Waals surface area contributed by atoms with E-state index < -0.39 is 22.4 Å². The van der Waals surface area contributed by atoms with Crippen molar-refractivity contribution < 1.29 is 25.8 Å². The fourth-order valence-corrected chi connectivity index (χ4v) is 1.13. The Hall–Kier alpha value is -0.740. The van der Waals surface area contributed by atoms with Crippen molar-refractivity contribution in [1.29, 1.82) is 0 Å². The van der Waals surface area contributed by atoms with Crippen molar-refractivity contribution in [3.63, 3.8) is 0 Å². The Morgan fingerprint density at radius 3 is 2.27 bits per heavy atom. The Balaban J connectivity index is 4.71. The molecule has 0 aromatic carbocycles. The highest BCUT2D eigenvalue weighted by atomic mass is 32.2. The number of hydrogen-bond donors (Lipinski definition) is 0. The number of alkyl halides is 3. The molecule has 0 saturated carbocycles. The molecule has 0 aliphatic rings. The van der Waals surface area contributed by atoms with E-state index in [0.29, 0.717) is 12.7 Å². The number of rotatable bonds is 3. The molecule has 0 bridgehead atoms. The zero-order chi connectivity index (χ0) is 12.1. The van der Waals surface area contributed by atoms with E-state index in [1.807, 2.05) is 0 Å². The molecule has 3 nitrogen and oxygen atoms in total. The van der Waals surface area contributed by atoms with Crippen LogP contribution in [0.4, 0.5) is 13.2 Å². The molecule has 1 unspecified atom stereocenters. The Kier molecular flexibility index (Phi) is 5.11. The summed E-state index contributed by atoms with van der Waals surface area (Å²) in [6.07, 6.45) is -5.97. The fraction of sp³-hybridized carbons (Fsp3) is 0.750. The molecule has 0 spiro atoms. The third kappa shape index (κ3) is 7.22. The van der Waals surface area contributed by atoms with Crippen molar-refractivity contribution in [3.8, 4) is 11.8 Å². The highest BCUT2D eigenvalue weighted by molar-refractivity contribution is 7.86. The summed E-state index contributed by atoms with van der Waals surface area (Å²) in [7, 11) is -4.17. The Morgan fingerprint density at radius 2 is 1.93 bits per heavy atom. The summed E-state index contributed by atoms with van der Waals surface area (Å²) in [5.41, 5.74) is 0. The molecule has 88 valence electrons. The fourth-order valence-electron chi connectivity index (χ4n) is 0.625. The van der Waals surface area contributed by atoms with Crippen molar-refractivity contribution in [1.82, 2.24) is 0 Å². The van der Waals surface area contributed by atoms with Gasteiger partial charge in [-0.2, -0.15) is 21.6 Å². The van der Waals surface area contributed by atoms with Gasteiger partial charge >= 0.3 is 6.18 Å². The van der Waals surface area contributed by atoms with Crippen molar-refractivity contribution in [3.05, 3.63) is 0 Å². The topological polar surface area (TPSA) is 43.4 Å². The summed E-state index contributed by atoms with van der Waals surface area (Å²) < 4.78 is 61.4. The normalized spacial score (nSPS) is 14.2. The van der Waals surface area contributed by atoms with Crippen LogP contribution in [0.15, 0.2) is 0 Å². The average molecular weight is 244 g/mol. The minimum atomic E-state index is -4.80. The second kappa shape index (κ2) is 5.37. The van der Waals surface area contributed by atoms with Crippen LogP contribution in [0.25, 0.3) is 0 Å². The summed E-state index contributed by atoms with van der Waals surface area (Å²) in [6, 6.07) is 0. The van der Waals surface area contributed by atoms with Gasteiger partial charge in [-0.1, -0.05) is 12.8 Å². The molecule has 0 saturated heterocycles. The van der Waals surface area contributed by atoms with E-state index in [4.69, 9.17) is 0 Å². The zero-order valence-electron chi connectivity index (χ0n) is 8.26. The minimum absolute atomic E-state index is 0.264. The lowest BCUT2D eigenvalue weighted by atomic mass is 10.3. The van der Waals surface area contributed by atoms with Gasteiger partial charge in [0.25, 0.3) is 10.1 Å². The molecule has 0 aromatic heterocycles. The molecule has 0 heterocycles. The van der Waals surface area contributed by atoms with E-state index in [9.17, 15) is 21.6 Å². The van der Waals surface area contributed by atoms with E-state index in [0.717, 1.165) is 0 Å². The molecule has 0 fully saturated rings. The van der Waals surface area contributed by atoms with Crippen molar-refractivity contribution in [2.75, 3.05) is 6.26 Å². The van der Waals surface area contributed by atoms with Crippen LogP contribution in [-0.4, -0.2) is 27.0 Å². The SMILES string of the molecule is CCCC#CC(OS(C)(=O)=O)C(F)(F)F. The van der Waals surface area contributed by atoms with Crippen LogP contribution in [0.2, 0.25) is 0 Å². The summed E-state index contributed by atoms with van der Waals surface area (Å²) in [5, 5.41) is 0. The van der Waals surface area contributed by atoms with E-state index in [1.54, 1.807) is 12.8 Å². The molecule has 0 rings (SSSR count). The summed E-state index contributed by atoms with van der Waals surface area (Å²) >= 11 is 0. The zero-order valence-corrected chi connectivity index (χ0v) is 9.07. The van der Waals surface area contributed by atoms with E-state index in [1.165, 1.54) is 0 Å². The molecule has 0 amide bonds. The van der Waals surface area contributed by atoms with Gasteiger partial charge in [0.05, 0.1) is 6.26 Å². The summed E-state index contributed by atoms with van der Waals surface area (Å²) in [5.74, 6) is 3.95. The van der Waals surface area contributed by atoms with E-state index in [-0.39, 0.29) is 6.42 Å². The predicted molar refractivity (Wildman–Crippen MR) is 48.5 cm³/mol. The van der Waals surface area contributed by atoms with Crippen LogP contribution >= 0.6 is 0 Å². The van der Waals surface area contributed by atoms with Crippen LogP contribution in [0, 0.1) is 11.8 Å². The molecular weight excluding hydrogens is 233 g/mol. The molecule has 0 aliphatic carbocycles. The van der Waals surface area contributed by atoms with Crippen molar-refractivity contribution in [2.45, 2.75) is 32.0 Å². The predicted octanol–water partition coefficient (Wildman–Crippen LogP) is 1.70. The molecular formula is C8H11F3O3S. The Morgan fingerprint density at radius 1 is 1.40 bits per heavy atom. The van der Waals surface area contributed by atoms with Gasteiger partial charge in [-0.3, -0.25) is 0 Å². The quantitative estimate of drug-likeness (QED) is 0.560. The lowest BCUT2D eigenvalue weighted by Gasteiger charge is -2.13. The molecule has 7 heteroatoms. The number of hydrogen-bond acceptors (Lipinski definition) is 3. The van der Waals surface area contributed by atoms with Gasteiger partial charge in [-0.05, 0) is 6.42 Å². The second-order valence-corrected chi connectivity index (χ2v) is 4.39. The van der Waals surface area contributed by atoms with Crippen molar-refractivity contribution >= 4 is 10.1 Å². The van der Waals surface area contributed by atoms with Crippen LogP contribution in [0.5, 0.6) is 0 Å². The highest BCUT2D eigenvalue weighted by Gasteiger charge is 2.42. The molecule has 0 radical (unpaired) electrons. The van der Waals surface area contributed by atoms with E-state index in [2.05, 4.69) is 10.1 Å². The minimum Gasteiger partial charge on any atom is -0.244 e. The highest BCUT2D eigenvalue weighted by Crippen LogP contribution is 2.23. The monoisotopic (exact) mass is 244 g/mol. The maximum Gasteiger partial charge on any atom is 0.427 e. The first-order valence-corrected chi connectivity index (χ1v) is 5.92. The standard InChI is InChI=1S/C8H11F3O3S/c1-3-4-5-6-7(8(9,10)11)14-15(2,12)13/h7H,3-4H2,1-2H3. The molecule has 0 aromatic rings. The lowest BCUT2D eigenvalue weighted by Crippen LogP contribution is -2.32. The molecule has 0 N–H and O–H groups in total. The van der Waals surface area contributed by atoms with Crippen LogP contribution < -0.4 is 0 Å². The number of halogens is 3. The van der Waals surface area contributed by atoms with Crippen LogP contribution in [-0.2, 0) is 14.3 Å². The van der Waals surface area contributed by atoms with Crippen molar-refractivity contribution in [2.24, 2.45) is 0 Å². The van der Waals surface area contributed by atoms with Gasteiger partial charge < -0.3 is 0 Å². The van der Waals surface area contributed by atoms with Gasteiger partial charge in [-0.25, -0.2) is 4.18 Å². The van der Waals surface area contributed by atoms with Gasteiger partial charge in [0.1, 0.15) is 0 Å². The molecule has 15 heavy (non-hydrogen) atoms. The van der Waals surface area contributed by atoms with Gasteiger partial charge in [0.2, 0.25) is 6.10 Å². The average Bonchev–Trinajstić information content (AvgIpc) is 1.99. The smallest absolute Gasteiger partial charge is 0.244 e. The Labute approximate surface area is 86.7 Å².